The normalized spacial score (nSPS) is 14.8. The van der Waals surface area contributed by atoms with Crippen LogP contribution >= 0.6 is 0 Å². The van der Waals surface area contributed by atoms with Gasteiger partial charge < -0.3 is 10.2 Å². The molecule has 1 aliphatic rings. The molecular formula is C15H20N2O2. The molecule has 0 unspecified atom stereocenters. The summed E-state index contributed by atoms with van der Waals surface area (Å²) in [4.78, 5) is 25.7. The Morgan fingerprint density at radius 2 is 2.16 bits per heavy atom. The molecule has 2 rings (SSSR count). The maximum atomic E-state index is 12.0. The van der Waals surface area contributed by atoms with Crippen molar-refractivity contribution < 1.29 is 9.59 Å². The van der Waals surface area contributed by atoms with E-state index >= 15 is 0 Å². The highest BCUT2D eigenvalue weighted by molar-refractivity contribution is 6.02. The van der Waals surface area contributed by atoms with Crippen LogP contribution in [0, 0.1) is 0 Å². The highest BCUT2D eigenvalue weighted by Crippen LogP contribution is 2.26. The average molecular weight is 260 g/mol. The second-order valence-electron chi connectivity index (χ2n) is 4.73. The molecule has 4 nitrogen and oxygen atoms in total. The number of carbonyl (C=O) groups excluding carboxylic acids is 2. The quantitative estimate of drug-likeness (QED) is 0.900. The number of fused-ring (bicyclic) bond motifs is 1. The Hall–Kier alpha value is -1.84. The second-order valence-corrected chi connectivity index (χ2v) is 4.73. The van der Waals surface area contributed by atoms with E-state index in [0.29, 0.717) is 25.9 Å². The lowest BCUT2D eigenvalue weighted by molar-refractivity contribution is -0.120. The summed E-state index contributed by atoms with van der Waals surface area (Å²) >= 11 is 0. The van der Waals surface area contributed by atoms with E-state index in [4.69, 9.17) is 0 Å². The monoisotopic (exact) mass is 260 g/mol. The number of carbonyl (C=O) groups is 2. The van der Waals surface area contributed by atoms with Gasteiger partial charge in [0.15, 0.2) is 5.78 Å². The number of benzene rings is 1. The fourth-order valence-electron chi connectivity index (χ4n) is 2.43. The van der Waals surface area contributed by atoms with Crippen LogP contribution < -0.4 is 10.2 Å². The predicted molar refractivity (Wildman–Crippen MR) is 75.5 cm³/mol. The predicted octanol–water partition coefficient (Wildman–Crippen LogP) is 2.00. The minimum absolute atomic E-state index is 0.0653. The van der Waals surface area contributed by atoms with Crippen LogP contribution in [-0.4, -0.2) is 31.3 Å². The summed E-state index contributed by atoms with van der Waals surface area (Å²) < 4.78 is 0. The van der Waals surface area contributed by atoms with E-state index in [0.717, 1.165) is 24.2 Å². The summed E-state index contributed by atoms with van der Waals surface area (Å²) in [6.07, 6.45) is 1.91. The van der Waals surface area contributed by atoms with Gasteiger partial charge in [-0.1, -0.05) is 12.1 Å². The highest BCUT2D eigenvalue weighted by Gasteiger charge is 2.20. The van der Waals surface area contributed by atoms with E-state index in [1.54, 1.807) is 0 Å². The molecule has 0 spiro atoms. The molecule has 1 aromatic carbocycles. The molecule has 0 aliphatic carbocycles. The zero-order valence-electron chi connectivity index (χ0n) is 11.3. The first-order valence-corrected chi connectivity index (χ1v) is 6.86. The van der Waals surface area contributed by atoms with Gasteiger partial charge in [0.1, 0.15) is 0 Å². The van der Waals surface area contributed by atoms with Gasteiger partial charge in [-0.05, 0) is 25.5 Å². The van der Waals surface area contributed by atoms with Crippen molar-refractivity contribution in [3.05, 3.63) is 29.8 Å². The van der Waals surface area contributed by atoms with Crippen LogP contribution in [-0.2, 0) is 4.79 Å². The first-order chi connectivity index (χ1) is 9.22. The topological polar surface area (TPSA) is 49.4 Å². The molecule has 1 heterocycles. The van der Waals surface area contributed by atoms with E-state index in [1.807, 2.05) is 31.2 Å². The summed E-state index contributed by atoms with van der Waals surface area (Å²) in [5.74, 6) is 0.270. The number of rotatable bonds is 4. The molecule has 0 bridgehead atoms. The van der Waals surface area contributed by atoms with Gasteiger partial charge in [-0.15, -0.1) is 0 Å². The largest absolute Gasteiger partial charge is 0.370 e. The highest BCUT2D eigenvalue weighted by atomic mass is 16.1. The average Bonchev–Trinajstić information content (AvgIpc) is 2.57. The number of Topliss-reactive ketones (excluding diaryl/α,β-unsaturated/α-hetero) is 1. The van der Waals surface area contributed by atoms with Gasteiger partial charge in [-0.25, -0.2) is 0 Å². The van der Waals surface area contributed by atoms with Crippen molar-refractivity contribution in [2.45, 2.75) is 26.2 Å². The van der Waals surface area contributed by atoms with Crippen molar-refractivity contribution in [2.24, 2.45) is 0 Å². The standard InChI is InChI=1S/C15H20N2O2/c1-2-16-15(19)9-11-17-10-5-8-14(18)12-6-3-4-7-13(12)17/h3-4,6-7H,2,5,8-11H2,1H3,(H,16,19). The molecule has 0 radical (unpaired) electrons. The van der Waals surface area contributed by atoms with Crippen molar-refractivity contribution in [3.8, 4) is 0 Å². The third kappa shape index (κ3) is 3.34. The van der Waals surface area contributed by atoms with Gasteiger partial charge in [-0.2, -0.15) is 0 Å². The molecule has 0 saturated carbocycles. The maximum absolute atomic E-state index is 12.0. The van der Waals surface area contributed by atoms with Gasteiger partial charge >= 0.3 is 0 Å². The van der Waals surface area contributed by atoms with Gasteiger partial charge in [0.25, 0.3) is 0 Å². The lowest BCUT2D eigenvalue weighted by Gasteiger charge is -2.24. The van der Waals surface area contributed by atoms with E-state index in [-0.39, 0.29) is 11.7 Å². The first-order valence-electron chi connectivity index (χ1n) is 6.86. The fourth-order valence-corrected chi connectivity index (χ4v) is 2.43. The van der Waals surface area contributed by atoms with Crippen LogP contribution in [0.15, 0.2) is 24.3 Å². The van der Waals surface area contributed by atoms with Crippen LogP contribution in [0.1, 0.15) is 36.5 Å². The molecular weight excluding hydrogens is 240 g/mol. The Labute approximate surface area is 113 Å². The summed E-state index contributed by atoms with van der Waals surface area (Å²) in [7, 11) is 0. The molecule has 19 heavy (non-hydrogen) atoms. The Balaban J connectivity index is 2.10. The lowest BCUT2D eigenvalue weighted by Crippen LogP contribution is -2.31. The molecule has 1 aliphatic heterocycles. The maximum Gasteiger partial charge on any atom is 0.221 e. The fraction of sp³-hybridized carbons (Fsp3) is 0.467. The Kier molecular flexibility index (Phi) is 4.55. The van der Waals surface area contributed by atoms with Crippen molar-refractivity contribution >= 4 is 17.4 Å². The van der Waals surface area contributed by atoms with Crippen molar-refractivity contribution in [3.63, 3.8) is 0 Å². The molecule has 1 amide bonds. The number of amides is 1. The SMILES string of the molecule is CCNC(=O)CCN1CCCC(=O)c2ccccc21. The minimum atomic E-state index is 0.0653. The van der Waals surface area contributed by atoms with E-state index in [9.17, 15) is 9.59 Å². The summed E-state index contributed by atoms with van der Waals surface area (Å²) in [6, 6.07) is 7.68. The third-order valence-electron chi connectivity index (χ3n) is 3.36. The molecule has 102 valence electrons. The van der Waals surface area contributed by atoms with Crippen LogP contribution in [0.4, 0.5) is 5.69 Å². The minimum Gasteiger partial charge on any atom is -0.370 e. The molecule has 1 aromatic rings. The summed E-state index contributed by atoms with van der Waals surface area (Å²) in [6.45, 7) is 4.07. The van der Waals surface area contributed by atoms with Gasteiger partial charge in [-0.3, -0.25) is 9.59 Å². The number of nitrogens with zero attached hydrogens (tertiary/aromatic N) is 1. The van der Waals surface area contributed by atoms with Crippen LogP contribution in [0.2, 0.25) is 0 Å². The van der Waals surface area contributed by atoms with Gasteiger partial charge in [0, 0.05) is 43.7 Å². The molecule has 4 heteroatoms. The Morgan fingerprint density at radius 3 is 2.95 bits per heavy atom. The lowest BCUT2D eigenvalue weighted by atomic mass is 10.1. The third-order valence-corrected chi connectivity index (χ3v) is 3.36. The summed E-state index contributed by atoms with van der Waals surface area (Å²) in [5, 5.41) is 2.80. The van der Waals surface area contributed by atoms with Gasteiger partial charge in [0.2, 0.25) is 5.91 Å². The molecule has 0 fully saturated rings. The number of ketones is 1. The van der Waals surface area contributed by atoms with Crippen LogP contribution in [0.25, 0.3) is 0 Å². The number of anilines is 1. The van der Waals surface area contributed by atoms with E-state index in [1.165, 1.54) is 0 Å². The molecule has 0 saturated heterocycles. The van der Waals surface area contributed by atoms with Crippen molar-refractivity contribution in [1.82, 2.24) is 5.32 Å². The van der Waals surface area contributed by atoms with Crippen molar-refractivity contribution in [1.29, 1.82) is 0 Å². The first kappa shape index (κ1) is 13.6. The zero-order chi connectivity index (χ0) is 13.7. The van der Waals surface area contributed by atoms with Crippen LogP contribution in [0.5, 0.6) is 0 Å². The Morgan fingerprint density at radius 1 is 1.37 bits per heavy atom. The smallest absolute Gasteiger partial charge is 0.221 e. The number of para-hydroxylation sites is 1. The van der Waals surface area contributed by atoms with E-state index in [2.05, 4.69) is 10.2 Å². The number of hydrogen-bond donors (Lipinski definition) is 1. The van der Waals surface area contributed by atoms with Crippen molar-refractivity contribution in [2.75, 3.05) is 24.5 Å². The molecule has 0 aromatic heterocycles. The summed E-state index contributed by atoms with van der Waals surface area (Å²) in [5.41, 5.74) is 1.75. The second kappa shape index (κ2) is 6.36. The van der Waals surface area contributed by atoms with Gasteiger partial charge in [0.05, 0.1) is 0 Å². The van der Waals surface area contributed by atoms with E-state index < -0.39 is 0 Å². The Bertz CT molecular complexity index is 471. The van der Waals surface area contributed by atoms with Crippen LogP contribution in [0.3, 0.4) is 0 Å². The number of nitrogens with one attached hydrogen (secondary N) is 1. The molecule has 0 atom stereocenters. The zero-order valence-corrected chi connectivity index (χ0v) is 11.3. The molecule has 1 N–H and O–H groups in total. The number of hydrogen-bond acceptors (Lipinski definition) is 3.